The van der Waals surface area contributed by atoms with Crippen molar-refractivity contribution in [3.05, 3.63) is 0 Å². The molecular formula is C19H40S2. The molecule has 0 spiro atoms. The Morgan fingerprint density at radius 2 is 1.24 bits per heavy atom. The first-order chi connectivity index (χ1) is 9.90. The molecule has 0 aromatic carbocycles. The summed E-state index contributed by atoms with van der Waals surface area (Å²) in [6.07, 6.45) is 14.2. The molecule has 0 rings (SSSR count). The van der Waals surface area contributed by atoms with Crippen molar-refractivity contribution < 1.29 is 0 Å². The van der Waals surface area contributed by atoms with E-state index < -0.39 is 0 Å². The highest BCUT2D eigenvalue weighted by atomic mass is 33.1. The van der Waals surface area contributed by atoms with Crippen LogP contribution >= 0.6 is 21.6 Å². The molecule has 0 radical (unpaired) electrons. The van der Waals surface area contributed by atoms with Gasteiger partial charge in [-0.15, -0.1) is 0 Å². The lowest BCUT2D eigenvalue weighted by atomic mass is 9.92. The maximum absolute atomic E-state index is 2.47. The summed E-state index contributed by atoms with van der Waals surface area (Å²) in [5.41, 5.74) is 0. The SMILES string of the molecule is CCCCCCC(CCCCCC)[C@@H](C)SSC(C)(C)C. The third kappa shape index (κ3) is 14.0. The zero-order valence-corrected chi connectivity index (χ0v) is 17.2. The summed E-state index contributed by atoms with van der Waals surface area (Å²) in [5.74, 6) is 0.929. The fraction of sp³-hybridized carbons (Fsp3) is 1.00. The molecule has 0 aliphatic rings. The van der Waals surface area contributed by atoms with Crippen LogP contribution in [0.15, 0.2) is 0 Å². The summed E-state index contributed by atoms with van der Waals surface area (Å²) < 4.78 is 0.383. The molecule has 0 bridgehead atoms. The van der Waals surface area contributed by atoms with Gasteiger partial charge in [-0.05, 0) is 18.8 Å². The Balaban J connectivity index is 4.13. The molecule has 0 aromatic rings. The monoisotopic (exact) mass is 332 g/mol. The van der Waals surface area contributed by atoms with E-state index in [9.17, 15) is 0 Å². The summed E-state index contributed by atoms with van der Waals surface area (Å²) >= 11 is 0. The first kappa shape index (κ1) is 21.7. The van der Waals surface area contributed by atoms with E-state index in [4.69, 9.17) is 0 Å². The van der Waals surface area contributed by atoms with E-state index in [1.165, 1.54) is 64.2 Å². The van der Waals surface area contributed by atoms with E-state index in [-0.39, 0.29) is 0 Å². The van der Waals surface area contributed by atoms with Gasteiger partial charge in [0, 0.05) is 10.00 Å². The minimum absolute atomic E-state index is 0.383. The smallest absolute Gasteiger partial charge is 0.0179 e. The molecule has 1 atom stereocenters. The van der Waals surface area contributed by atoms with Crippen LogP contribution in [0.1, 0.15) is 106 Å². The maximum atomic E-state index is 2.47. The van der Waals surface area contributed by atoms with Crippen molar-refractivity contribution in [2.24, 2.45) is 5.92 Å². The number of hydrogen-bond acceptors (Lipinski definition) is 2. The molecule has 0 aromatic heterocycles. The van der Waals surface area contributed by atoms with Gasteiger partial charge >= 0.3 is 0 Å². The van der Waals surface area contributed by atoms with Crippen LogP contribution in [0.4, 0.5) is 0 Å². The molecule has 21 heavy (non-hydrogen) atoms. The summed E-state index contributed by atoms with van der Waals surface area (Å²) in [5, 5.41) is 0.803. The van der Waals surface area contributed by atoms with Crippen LogP contribution in [0.25, 0.3) is 0 Å². The van der Waals surface area contributed by atoms with Gasteiger partial charge in [0.15, 0.2) is 0 Å². The molecule has 0 fully saturated rings. The lowest BCUT2D eigenvalue weighted by Crippen LogP contribution is -2.15. The third-order valence-electron chi connectivity index (χ3n) is 3.97. The molecule has 0 N–H and O–H groups in total. The van der Waals surface area contributed by atoms with Crippen LogP contribution in [0.2, 0.25) is 0 Å². The van der Waals surface area contributed by atoms with Crippen molar-refractivity contribution in [3.8, 4) is 0 Å². The van der Waals surface area contributed by atoms with Gasteiger partial charge in [-0.3, -0.25) is 0 Å². The lowest BCUT2D eigenvalue weighted by molar-refractivity contribution is 0.404. The highest BCUT2D eigenvalue weighted by Crippen LogP contribution is 2.42. The second kappa shape index (κ2) is 13.2. The Kier molecular flexibility index (Phi) is 13.6. The van der Waals surface area contributed by atoms with E-state index in [1.54, 1.807) is 0 Å². The van der Waals surface area contributed by atoms with E-state index in [2.05, 4.69) is 63.1 Å². The third-order valence-corrected chi connectivity index (χ3v) is 7.95. The summed E-state index contributed by atoms with van der Waals surface area (Å²) in [6, 6.07) is 0. The van der Waals surface area contributed by atoms with E-state index in [0.717, 1.165) is 11.2 Å². The first-order valence-corrected chi connectivity index (χ1v) is 11.5. The Morgan fingerprint density at radius 3 is 1.62 bits per heavy atom. The quantitative estimate of drug-likeness (QED) is 0.247. The number of hydrogen-bond donors (Lipinski definition) is 0. The topological polar surface area (TPSA) is 0 Å². The van der Waals surface area contributed by atoms with Crippen molar-refractivity contribution in [1.82, 2.24) is 0 Å². The fourth-order valence-electron chi connectivity index (χ4n) is 2.58. The van der Waals surface area contributed by atoms with E-state index >= 15 is 0 Å². The zero-order chi connectivity index (χ0) is 16.1. The van der Waals surface area contributed by atoms with Gasteiger partial charge < -0.3 is 0 Å². The molecule has 128 valence electrons. The zero-order valence-electron chi connectivity index (χ0n) is 15.5. The molecule has 2 heteroatoms. The Hall–Kier alpha value is 0.700. The van der Waals surface area contributed by atoms with Gasteiger partial charge in [0.2, 0.25) is 0 Å². The van der Waals surface area contributed by atoms with Crippen LogP contribution in [0.3, 0.4) is 0 Å². The van der Waals surface area contributed by atoms with Crippen LogP contribution in [-0.2, 0) is 0 Å². The molecule has 0 saturated heterocycles. The molecule has 0 unspecified atom stereocenters. The minimum atomic E-state index is 0.383. The summed E-state index contributed by atoms with van der Waals surface area (Å²) in [4.78, 5) is 0. The maximum Gasteiger partial charge on any atom is 0.0179 e. The molecule has 0 aliphatic heterocycles. The largest absolute Gasteiger partial charge is 0.0902 e. The first-order valence-electron chi connectivity index (χ1n) is 9.25. The van der Waals surface area contributed by atoms with Crippen LogP contribution < -0.4 is 0 Å². The van der Waals surface area contributed by atoms with Gasteiger partial charge in [-0.2, -0.15) is 0 Å². The van der Waals surface area contributed by atoms with Crippen molar-refractivity contribution in [2.45, 2.75) is 116 Å². The van der Waals surface area contributed by atoms with Gasteiger partial charge in [0.1, 0.15) is 0 Å². The minimum Gasteiger partial charge on any atom is -0.0902 e. The normalized spacial score (nSPS) is 13.9. The van der Waals surface area contributed by atoms with Crippen molar-refractivity contribution in [2.75, 3.05) is 0 Å². The van der Waals surface area contributed by atoms with E-state index in [1.807, 2.05) is 0 Å². The average Bonchev–Trinajstić information content (AvgIpc) is 2.42. The summed E-state index contributed by atoms with van der Waals surface area (Å²) in [6.45, 7) is 14.1. The van der Waals surface area contributed by atoms with Gasteiger partial charge in [0.25, 0.3) is 0 Å². The standard InChI is InChI=1S/C19H40S2/c1-7-9-11-13-15-18(16-14-12-10-8-2)17(3)20-21-19(4,5)6/h17-18H,7-16H2,1-6H3/t17-/m1/s1. The van der Waals surface area contributed by atoms with Gasteiger partial charge in [-0.1, -0.05) is 114 Å². The summed E-state index contributed by atoms with van der Waals surface area (Å²) in [7, 11) is 4.21. The van der Waals surface area contributed by atoms with Gasteiger partial charge in [0.05, 0.1) is 0 Å². The lowest BCUT2D eigenvalue weighted by Gasteiger charge is -2.26. The molecule has 0 heterocycles. The highest BCUT2D eigenvalue weighted by molar-refractivity contribution is 8.77. The fourth-order valence-corrected chi connectivity index (χ4v) is 5.24. The molecule has 0 nitrogen and oxygen atoms in total. The van der Waals surface area contributed by atoms with Crippen LogP contribution in [0.5, 0.6) is 0 Å². The van der Waals surface area contributed by atoms with Crippen LogP contribution in [0, 0.1) is 5.92 Å². The Bertz CT molecular complexity index is 208. The molecule has 0 amide bonds. The second-order valence-electron chi connectivity index (χ2n) is 7.46. The van der Waals surface area contributed by atoms with E-state index in [0.29, 0.717) is 4.75 Å². The van der Waals surface area contributed by atoms with Crippen LogP contribution in [-0.4, -0.2) is 10.00 Å². The predicted molar refractivity (Wildman–Crippen MR) is 105 cm³/mol. The molecule has 0 saturated carbocycles. The number of unbranched alkanes of at least 4 members (excludes halogenated alkanes) is 6. The van der Waals surface area contributed by atoms with Crippen molar-refractivity contribution in [1.29, 1.82) is 0 Å². The Labute approximate surface area is 143 Å². The molecule has 0 aliphatic carbocycles. The van der Waals surface area contributed by atoms with Gasteiger partial charge in [-0.25, -0.2) is 0 Å². The Morgan fingerprint density at radius 1 is 0.762 bits per heavy atom. The average molecular weight is 333 g/mol. The second-order valence-corrected chi connectivity index (χ2v) is 10.9. The molecular weight excluding hydrogens is 292 g/mol. The predicted octanol–water partition coefficient (Wildman–Crippen LogP) is 8.11. The highest BCUT2D eigenvalue weighted by Gasteiger charge is 2.20. The number of rotatable bonds is 13. The van der Waals surface area contributed by atoms with Crippen molar-refractivity contribution in [3.63, 3.8) is 0 Å². The van der Waals surface area contributed by atoms with Crippen molar-refractivity contribution >= 4 is 21.6 Å².